The molecule has 1 aliphatic rings. The van der Waals surface area contributed by atoms with Crippen LogP contribution in [0, 0.1) is 5.92 Å². The number of thiophene rings is 1. The first-order chi connectivity index (χ1) is 14.3. The number of carbonyl (C=O) groups excluding carboxylic acids is 1. The number of nitrogens with one attached hydrogen (secondary N) is 1. The van der Waals surface area contributed by atoms with Gasteiger partial charge in [-0.25, -0.2) is 0 Å². The molecule has 6 nitrogen and oxygen atoms in total. The van der Waals surface area contributed by atoms with Crippen LogP contribution in [-0.2, 0) is 16.1 Å². The number of hydrogen-bond donors (Lipinski definition) is 1. The van der Waals surface area contributed by atoms with Gasteiger partial charge < -0.3 is 10.1 Å². The van der Waals surface area contributed by atoms with Crippen molar-refractivity contribution in [2.24, 2.45) is 5.92 Å². The number of aromatic nitrogens is 3. The van der Waals surface area contributed by atoms with Crippen molar-refractivity contribution in [2.45, 2.75) is 38.3 Å². The lowest BCUT2D eigenvalue weighted by atomic mass is 9.86. The molecule has 2 atom stereocenters. The normalized spacial score (nSPS) is 19.2. The third-order valence-electron chi connectivity index (χ3n) is 5.54. The van der Waals surface area contributed by atoms with Gasteiger partial charge in [0.1, 0.15) is 0 Å². The molecule has 3 aromatic rings. The summed E-state index contributed by atoms with van der Waals surface area (Å²) in [5.41, 5.74) is 3.25. The molecule has 0 saturated heterocycles. The van der Waals surface area contributed by atoms with E-state index in [0.717, 1.165) is 47.4 Å². The van der Waals surface area contributed by atoms with Crippen molar-refractivity contribution in [3.63, 3.8) is 0 Å². The van der Waals surface area contributed by atoms with E-state index in [1.165, 1.54) is 0 Å². The summed E-state index contributed by atoms with van der Waals surface area (Å²) in [6, 6.07) is 8.14. The zero-order valence-electron chi connectivity index (χ0n) is 16.6. The highest BCUT2D eigenvalue weighted by Crippen LogP contribution is 2.34. The van der Waals surface area contributed by atoms with E-state index < -0.39 is 0 Å². The van der Waals surface area contributed by atoms with Gasteiger partial charge in [-0.3, -0.25) is 14.5 Å². The Kier molecular flexibility index (Phi) is 6.36. The van der Waals surface area contributed by atoms with Gasteiger partial charge in [-0.2, -0.15) is 5.10 Å². The Morgan fingerprint density at radius 3 is 2.93 bits per heavy atom. The lowest BCUT2D eigenvalue weighted by molar-refractivity contribution is -0.127. The highest BCUT2D eigenvalue weighted by atomic mass is 32.1. The minimum atomic E-state index is 0.0514. The number of hydrogen-bond acceptors (Lipinski definition) is 5. The van der Waals surface area contributed by atoms with Gasteiger partial charge in [-0.05, 0) is 48.4 Å². The van der Waals surface area contributed by atoms with E-state index in [1.54, 1.807) is 30.8 Å². The maximum Gasteiger partial charge on any atom is 0.223 e. The molecule has 1 fully saturated rings. The fraction of sp³-hybridized carbons (Fsp3) is 0.409. The third kappa shape index (κ3) is 4.57. The predicted molar refractivity (Wildman–Crippen MR) is 115 cm³/mol. The first-order valence-corrected chi connectivity index (χ1v) is 10.9. The molecule has 7 heteroatoms. The topological polar surface area (TPSA) is 69.0 Å². The summed E-state index contributed by atoms with van der Waals surface area (Å²) in [6.07, 6.45) is 9.56. The van der Waals surface area contributed by atoms with Crippen molar-refractivity contribution in [2.75, 3.05) is 13.7 Å². The number of amides is 1. The Morgan fingerprint density at radius 2 is 2.17 bits per heavy atom. The van der Waals surface area contributed by atoms with Crippen LogP contribution in [0.25, 0.3) is 21.7 Å². The maximum absolute atomic E-state index is 12.6. The first-order valence-electron chi connectivity index (χ1n) is 10.1. The quantitative estimate of drug-likeness (QED) is 0.639. The maximum atomic E-state index is 12.6. The van der Waals surface area contributed by atoms with Crippen LogP contribution in [-0.4, -0.2) is 40.4 Å². The summed E-state index contributed by atoms with van der Waals surface area (Å²) in [7, 11) is 1.73. The second-order valence-corrected chi connectivity index (χ2v) is 8.30. The summed E-state index contributed by atoms with van der Waals surface area (Å²) in [5, 5.41) is 9.79. The molecule has 3 aromatic heterocycles. The molecule has 4 rings (SSSR count). The standard InChI is InChI=1S/C22H26N4O2S/c1-28-18-5-2-4-17(14-18)22(27)24-11-12-26-21(20-6-3-13-29-20)19(15-25-26)16-7-9-23-10-8-16/h3,6-10,13,15,17-18H,2,4-5,11-12,14H2,1H3,(H,24,27)/t17-,18-/m1/s1. The molecule has 1 saturated carbocycles. The zero-order chi connectivity index (χ0) is 20.1. The van der Waals surface area contributed by atoms with Gasteiger partial charge in [0.2, 0.25) is 5.91 Å². The molecule has 1 aliphatic carbocycles. The van der Waals surface area contributed by atoms with E-state index in [4.69, 9.17) is 4.74 Å². The number of rotatable bonds is 7. The molecule has 3 heterocycles. The number of methoxy groups -OCH3 is 1. The number of nitrogens with zero attached hydrogens (tertiary/aromatic N) is 3. The molecule has 0 unspecified atom stereocenters. The van der Waals surface area contributed by atoms with Crippen molar-refractivity contribution in [1.82, 2.24) is 20.1 Å². The number of carbonyl (C=O) groups is 1. The van der Waals surface area contributed by atoms with Crippen LogP contribution in [0.4, 0.5) is 0 Å². The molecule has 0 spiro atoms. The van der Waals surface area contributed by atoms with Gasteiger partial charge in [0.15, 0.2) is 0 Å². The predicted octanol–water partition coefficient (Wildman–Crippen LogP) is 4.00. The van der Waals surface area contributed by atoms with Gasteiger partial charge in [-0.1, -0.05) is 12.5 Å². The van der Waals surface area contributed by atoms with E-state index in [9.17, 15) is 4.79 Å². The summed E-state index contributed by atoms with van der Waals surface area (Å²) >= 11 is 1.69. The molecule has 0 aromatic carbocycles. The average molecular weight is 411 g/mol. The molecule has 1 N–H and O–H groups in total. The van der Waals surface area contributed by atoms with Crippen molar-refractivity contribution in [3.05, 3.63) is 48.2 Å². The van der Waals surface area contributed by atoms with Gasteiger partial charge in [0, 0.05) is 37.5 Å². The van der Waals surface area contributed by atoms with Crippen LogP contribution in [0.1, 0.15) is 25.7 Å². The minimum Gasteiger partial charge on any atom is -0.381 e. The van der Waals surface area contributed by atoms with Gasteiger partial charge >= 0.3 is 0 Å². The van der Waals surface area contributed by atoms with E-state index in [0.29, 0.717) is 13.1 Å². The third-order valence-corrected chi connectivity index (χ3v) is 6.41. The van der Waals surface area contributed by atoms with Crippen LogP contribution in [0.5, 0.6) is 0 Å². The number of ether oxygens (including phenoxy) is 1. The molecule has 0 aliphatic heterocycles. The van der Waals surface area contributed by atoms with Gasteiger partial charge in [0.25, 0.3) is 0 Å². The van der Waals surface area contributed by atoms with E-state index in [1.807, 2.05) is 29.1 Å². The SMILES string of the molecule is CO[C@@H]1CCC[C@@H](C(=O)NCCn2ncc(-c3ccncc3)c2-c2cccs2)C1. The molecule has 29 heavy (non-hydrogen) atoms. The smallest absolute Gasteiger partial charge is 0.223 e. The van der Waals surface area contributed by atoms with Gasteiger partial charge in [0.05, 0.1) is 29.4 Å². The molecular weight excluding hydrogens is 384 g/mol. The second kappa shape index (κ2) is 9.33. The number of pyridine rings is 1. The zero-order valence-corrected chi connectivity index (χ0v) is 17.4. The van der Waals surface area contributed by atoms with E-state index in [2.05, 4.69) is 26.8 Å². The first kappa shape index (κ1) is 19.8. The Morgan fingerprint density at radius 1 is 1.31 bits per heavy atom. The van der Waals surface area contributed by atoms with Crippen LogP contribution in [0.3, 0.4) is 0 Å². The van der Waals surface area contributed by atoms with E-state index >= 15 is 0 Å². The Labute approximate surface area is 174 Å². The fourth-order valence-corrected chi connectivity index (χ4v) is 4.79. The Bertz CT molecular complexity index is 924. The molecule has 152 valence electrons. The van der Waals surface area contributed by atoms with Crippen LogP contribution >= 0.6 is 11.3 Å². The molecule has 0 radical (unpaired) electrons. The molecule has 0 bridgehead atoms. The fourth-order valence-electron chi connectivity index (χ4n) is 4.00. The van der Waals surface area contributed by atoms with E-state index in [-0.39, 0.29) is 17.9 Å². The summed E-state index contributed by atoms with van der Waals surface area (Å²) < 4.78 is 7.44. The lowest BCUT2D eigenvalue weighted by Gasteiger charge is -2.27. The van der Waals surface area contributed by atoms with Crippen molar-refractivity contribution in [3.8, 4) is 21.7 Å². The summed E-state index contributed by atoms with van der Waals surface area (Å²) in [5.74, 6) is 0.182. The summed E-state index contributed by atoms with van der Waals surface area (Å²) in [6.45, 7) is 1.19. The molecule has 1 amide bonds. The highest BCUT2D eigenvalue weighted by molar-refractivity contribution is 7.13. The lowest BCUT2D eigenvalue weighted by Crippen LogP contribution is -2.37. The van der Waals surface area contributed by atoms with Gasteiger partial charge in [-0.15, -0.1) is 11.3 Å². The summed E-state index contributed by atoms with van der Waals surface area (Å²) in [4.78, 5) is 17.9. The minimum absolute atomic E-state index is 0.0514. The van der Waals surface area contributed by atoms with Crippen LogP contribution in [0.15, 0.2) is 48.2 Å². The Hall–Kier alpha value is -2.51. The van der Waals surface area contributed by atoms with Crippen molar-refractivity contribution < 1.29 is 9.53 Å². The largest absolute Gasteiger partial charge is 0.381 e. The van der Waals surface area contributed by atoms with Crippen molar-refractivity contribution in [1.29, 1.82) is 0 Å². The molecular formula is C22H26N4O2S. The van der Waals surface area contributed by atoms with Crippen molar-refractivity contribution >= 4 is 17.2 Å². The highest BCUT2D eigenvalue weighted by Gasteiger charge is 2.27. The van der Waals surface area contributed by atoms with Crippen LogP contribution in [0.2, 0.25) is 0 Å². The monoisotopic (exact) mass is 410 g/mol. The Balaban J connectivity index is 1.45. The second-order valence-electron chi connectivity index (χ2n) is 7.36. The average Bonchev–Trinajstić information content (AvgIpc) is 3.44. The van der Waals surface area contributed by atoms with Crippen LogP contribution < -0.4 is 5.32 Å².